The summed E-state index contributed by atoms with van der Waals surface area (Å²) in [5.74, 6) is -0.756. The fourth-order valence-electron chi connectivity index (χ4n) is 2.45. The Morgan fingerprint density at radius 3 is 2.80 bits per heavy atom. The van der Waals surface area contributed by atoms with Crippen molar-refractivity contribution >= 4 is 32.7 Å². The third-order valence-corrected chi connectivity index (χ3v) is 4.63. The molecule has 106 valence electrons. The molecule has 0 aliphatic carbocycles. The Bertz CT molecular complexity index is 632. The lowest BCUT2D eigenvalue weighted by Gasteiger charge is -2.33. The third-order valence-electron chi connectivity index (χ3n) is 3.53. The second kappa shape index (κ2) is 5.38. The fourth-order valence-corrected chi connectivity index (χ4v) is 3.45. The van der Waals surface area contributed by atoms with Gasteiger partial charge in [-0.2, -0.15) is 0 Å². The monoisotopic (exact) mass is 291 g/mol. The van der Waals surface area contributed by atoms with Gasteiger partial charge in [-0.15, -0.1) is 0 Å². The number of piperazine rings is 1. The molecule has 3 rings (SSSR count). The number of carboxylic acids is 1. The van der Waals surface area contributed by atoms with Gasteiger partial charge in [0, 0.05) is 26.2 Å². The first-order valence-corrected chi connectivity index (χ1v) is 7.50. The van der Waals surface area contributed by atoms with E-state index in [0.717, 1.165) is 36.8 Å². The number of aromatic nitrogens is 1. The van der Waals surface area contributed by atoms with Crippen LogP contribution in [0.4, 0.5) is 5.13 Å². The molecule has 0 atom stereocenters. The van der Waals surface area contributed by atoms with Crippen molar-refractivity contribution in [2.75, 3.05) is 37.6 Å². The lowest BCUT2D eigenvalue weighted by atomic mass is 10.2. The number of nitrogens with zero attached hydrogens (tertiary/aromatic N) is 3. The van der Waals surface area contributed by atoms with Crippen molar-refractivity contribution in [1.29, 1.82) is 0 Å². The van der Waals surface area contributed by atoms with Gasteiger partial charge in [0.15, 0.2) is 5.13 Å². The number of aliphatic carboxylic acids is 1. The quantitative estimate of drug-likeness (QED) is 0.934. The minimum Gasteiger partial charge on any atom is -0.480 e. The molecule has 20 heavy (non-hydrogen) atoms. The Morgan fingerprint density at radius 2 is 2.10 bits per heavy atom. The number of hydrogen-bond donors (Lipinski definition) is 1. The molecule has 2 heterocycles. The first-order valence-electron chi connectivity index (χ1n) is 6.68. The standard InChI is InChI=1S/C14H17N3O2S/c1-10-2-3-12-11(8-10)15-14(20-12)17-6-4-16(5-7-17)9-13(18)19/h2-3,8H,4-7,9H2,1H3,(H,18,19). The van der Waals surface area contributed by atoms with Gasteiger partial charge in [-0.3, -0.25) is 9.69 Å². The molecule has 0 unspecified atom stereocenters. The molecule has 2 aromatic rings. The Morgan fingerprint density at radius 1 is 1.35 bits per heavy atom. The molecule has 0 saturated carbocycles. The Labute approximate surface area is 121 Å². The number of rotatable bonds is 3. The molecule has 1 aliphatic rings. The first-order chi connectivity index (χ1) is 9.61. The molecule has 0 amide bonds. The summed E-state index contributed by atoms with van der Waals surface area (Å²) in [6.07, 6.45) is 0. The molecule has 1 aromatic heterocycles. The van der Waals surface area contributed by atoms with E-state index >= 15 is 0 Å². The number of thiazole rings is 1. The molecule has 0 bridgehead atoms. The second-order valence-corrected chi connectivity index (χ2v) is 6.13. The minimum absolute atomic E-state index is 0.132. The Kier molecular flexibility index (Phi) is 3.58. The van der Waals surface area contributed by atoms with E-state index in [2.05, 4.69) is 30.0 Å². The lowest BCUT2D eigenvalue weighted by molar-refractivity contribution is -0.138. The largest absolute Gasteiger partial charge is 0.480 e. The number of carbonyl (C=O) groups is 1. The predicted octanol–water partition coefficient (Wildman–Crippen LogP) is 1.81. The van der Waals surface area contributed by atoms with Crippen molar-refractivity contribution in [2.24, 2.45) is 0 Å². The number of carboxylic acid groups (broad SMARTS) is 1. The summed E-state index contributed by atoms with van der Waals surface area (Å²) in [4.78, 5) is 19.6. The van der Waals surface area contributed by atoms with Crippen LogP contribution in [0, 0.1) is 6.92 Å². The molecule has 6 heteroatoms. The van der Waals surface area contributed by atoms with Crippen LogP contribution < -0.4 is 4.90 Å². The lowest BCUT2D eigenvalue weighted by Crippen LogP contribution is -2.47. The highest BCUT2D eigenvalue weighted by Gasteiger charge is 2.20. The Balaban J connectivity index is 1.71. The van der Waals surface area contributed by atoms with Crippen LogP contribution in [0.15, 0.2) is 18.2 Å². The fraction of sp³-hybridized carbons (Fsp3) is 0.429. The highest BCUT2D eigenvalue weighted by molar-refractivity contribution is 7.22. The topological polar surface area (TPSA) is 56.7 Å². The van der Waals surface area contributed by atoms with Gasteiger partial charge >= 0.3 is 5.97 Å². The summed E-state index contributed by atoms with van der Waals surface area (Å²) in [6.45, 7) is 5.44. The molecule has 1 saturated heterocycles. The zero-order valence-electron chi connectivity index (χ0n) is 11.4. The van der Waals surface area contributed by atoms with Gasteiger partial charge < -0.3 is 10.0 Å². The zero-order chi connectivity index (χ0) is 14.1. The van der Waals surface area contributed by atoms with Crippen LogP contribution >= 0.6 is 11.3 Å². The molecular weight excluding hydrogens is 274 g/mol. The second-order valence-electron chi connectivity index (χ2n) is 5.12. The number of aryl methyl sites for hydroxylation is 1. The van der Waals surface area contributed by atoms with Crippen molar-refractivity contribution in [3.63, 3.8) is 0 Å². The van der Waals surface area contributed by atoms with Crippen LogP contribution in [-0.2, 0) is 4.79 Å². The van der Waals surface area contributed by atoms with Gasteiger partial charge in [-0.1, -0.05) is 17.4 Å². The van der Waals surface area contributed by atoms with E-state index in [0.29, 0.717) is 0 Å². The smallest absolute Gasteiger partial charge is 0.317 e. The number of anilines is 1. The summed E-state index contributed by atoms with van der Waals surface area (Å²) in [5, 5.41) is 9.85. The molecular formula is C14H17N3O2S. The average molecular weight is 291 g/mol. The zero-order valence-corrected chi connectivity index (χ0v) is 12.2. The SMILES string of the molecule is Cc1ccc2sc(N3CCN(CC(=O)O)CC3)nc2c1. The number of fused-ring (bicyclic) bond motifs is 1. The van der Waals surface area contributed by atoms with Crippen molar-refractivity contribution in [3.05, 3.63) is 23.8 Å². The van der Waals surface area contributed by atoms with Gasteiger partial charge in [0.1, 0.15) is 0 Å². The Hall–Kier alpha value is -1.66. The van der Waals surface area contributed by atoms with Crippen LogP contribution in [0.1, 0.15) is 5.56 Å². The maximum atomic E-state index is 10.7. The summed E-state index contributed by atoms with van der Waals surface area (Å²) in [7, 11) is 0. The highest BCUT2D eigenvalue weighted by Crippen LogP contribution is 2.29. The molecule has 1 fully saturated rings. The van der Waals surface area contributed by atoms with E-state index in [1.54, 1.807) is 11.3 Å². The van der Waals surface area contributed by atoms with Crippen LogP contribution in [-0.4, -0.2) is 53.7 Å². The molecule has 1 N–H and O–H groups in total. The van der Waals surface area contributed by atoms with Gasteiger partial charge in [0.2, 0.25) is 0 Å². The van der Waals surface area contributed by atoms with Crippen molar-refractivity contribution in [3.8, 4) is 0 Å². The third kappa shape index (κ3) is 2.76. The van der Waals surface area contributed by atoms with E-state index in [1.165, 1.54) is 10.3 Å². The normalized spacial score (nSPS) is 16.8. The van der Waals surface area contributed by atoms with Crippen molar-refractivity contribution in [2.45, 2.75) is 6.92 Å². The van der Waals surface area contributed by atoms with Crippen molar-refractivity contribution in [1.82, 2.24) is 9.88 Å². The molecule has 1 aromatic carbocycles. The van der Waals surface area contributed by atoms with Crippen LogP contribution in [0.3, 0.4) is 0 Å². The van der Waals surface area contributed by atoms with Crippen LogP contribution in [0.5, 0.6) is 0 Å². The predicted molar refractivity (Wildman–Crippen MR) is 80.6 cm³/mol. The number of benzene rings is 1. The highest BCUT2D eigenvalue weighted by atomic mass is 32.1. The van der Waals surface area contributed by atoms with Gasteiger partial charge in [-0.05, 0) is 24.6 Å². The van der Waals surface area contributed by atoms with Crippen LogP contribution in [0.25, 0.3) is 10.2 Å². The molecule has 5 nitrogen and oxygen atoms in total. The molecule has 1 aliphatic heterocycles. The summed E-state index contributed by atoms with van der Waals surface area (Å²) in [6, 6.07) is 6.33. The molecule has 0 spiro atoms. The minimum atomic E-state index is -0.756. The molecule has 0 radical (unpaired) electrons. The van der Waals surface area contributed by atoms with Crippen LogP contribution in [0.2, 0.25) is 0 Å². The summed E-state index contributed by atoms with van der Waals surface area (Å²) < 4.78 is 1.21. The number of hydrogen-bond acceptors (Lipinski definition) is 5. The first kappa shape index (κ1) is 13.3. The van der Waals surface area contributed by atoms with E-state index in [9.17, 15) is 4.79 Å². The van der Waals surface area contributed by atoms with Gasteiger partial charge in [0.05, 0.1) is 16.8 Å². The maximum Gasteiger partial charge on any atom is 0.317 e. The van der Waals surface area contributed by atoms with E-state index in [4.69, 9.17) is 10.1 Å². The van der Waals surface area contributed by atoms with Gasteiger partial charge in [-0.25, -0.2) is 4.98 Å². The van der Waals surface area contributed by atoms with E-state index in [1.807, 2.05) is 4.90 Å². The van der Waals surface area contributed by atoms with E-state index in [-0.39, 0.29) is 6.54 Å². The maximum absolute atomic E-state index is 10.7. The van der Waals surface area contributed by atoms with Gasteiger partial charge in [0.25, 0.3) is 0 Å². The van der Waals surface area contributed by atoms with E-state index < -0.39 is 5.97 Å². The summed E-state index contributed by atoms with van der Waals surface area (Å²) in [5.41, 5.74) is 2.28. The summed E-state index contributed by atoms with van der Waals surface area (Å²) >= 11 is 1.71. The van der Waals surface area contributed by atoms with Crippen molar-refractivity contribution < 1.29 is 9.90 Å². The average Bonchev–Trinajstić information content (AvgIpc) is 2.81.